The lowest BCUT2D eigenvalue weighted by Crippen LogP contribution is -2.26. The van der Waals surface area contributed by atoms with Crippen molar-refractivity contribution in [1.82, 2.24) is 9.78 Å². The number of anilines is 2. The van der Waals surface area contributed by atoms with E-state index in [0.29, 0.717) is 22.7 Å². The van der Waals surface area contributed by atoms with Crippen LogP contribution in [0.4, 0.5) is 11.5 Å². The Bertz CT molecular complexity index is 1180. The summed E-state index contributed by atoms with van der Waals surface area (Å²) in [6.45, 7) is 0. The summed E-state index contributed by atoms with van der Waals surface area (Å²) in [5.41, 5.74) is 1.33. The van der Waals surface area contributed by atoms with Crippen LogP contribution >= 0.6 is 0 Å². The van der Waals surface area contributed by atoms with E-state index >= 15 is 0 Å². The van der Waals surface area contributed by atoms with Gasteiger partial charge in [-0.1, -0.05) is 30.3 Å². The van der Waals surface area contributed by atoms with E-state index in [0.717, 1.165) is 0 Å². The van der Waals surface area contributed by atoms with Gasteiger partial charge in [-0.15, -0.1) is 0 Å². The molecular weight excluding hydrogens is 400 g/mol. The molecule has 0 spiro atoms. The fraction of sp³-hybridized carbons (Fsp3) is 0.136. The normalized spacial score (nSPS) is 14.6. The molecule has 1 atom stereocenters. The lowest BCUT2D eigenvalue weighted by Gasteiger charge is -2.25. The van der Waals surface area contributed by atoms with Gasteiger partial charge < -0.3 is 25.2 Å². The maximum atomic E-state index is 13.0. The third-order valence-corrected chi connectivity index (χ3v) is 4.92. The number of nitrogens with zero attached hydrogens (tertiary/aromatic N) is 2. The molecular formula is C22H20N4O5. The fourth-order valence-corrected chi connectivity index (χ4v) is 3.46. The number of hydrogen-bond acceptors (Lipinski definition) is 6. The number of methoxy groups -OCH3 is 2. The van der Waals surface area contributed by atoms with Gasteiger partial charge in [0.1, 0.15) is 34.6 Å². The predicted molar refractivity (Wildman–Crippen MR) is 114 cm³/mol. The molecule has 0 bridgehead atoms. The number of carbonyl (C=O) groups excluding carboxylic acids is 1. The van der Waals surface area contributed by atoms with Crippen molar-refractivity contribution in [1.29, 1.82) is 0 Å². The van der Waals surface area contributed by atoms with E-state index in [-0.39, 0.29) is 17.1 Å². The molecule has 1 aromatic heterocycles. The van der Waals surface area contributed by atoms with E-state index in [1.165, 1.54) is 26.5 Å². The first-order valence-corrected chi connectivity index (χ1v) is 9.40. The number of hydrogen-bond donors (Lipinski definition) is 3. The topological polar surface area (TPSA) is 115 Å². The van der Waals surface area contributed by atoms with Gasteiger partial charge in [0.25, 0.3) is 5.91 Å². The van der Waals surface area contributed by atoms with E-state index < -0.39 is 17.9 Å². The molecule has 3 N–H and O–H groups in total. The fourth-order valence-electron chi connectivity index (χ4n) is 3.46. The molecule has 158 valence electrons. The Kier molecular flexibility index (Phi) is 5.31. The number of nitrogens with one attached hydrogen (secondary N) is 2. The monoisotopic (exact) mass is 420 g/mol. The zero-order valence-electron chi connectivity index (χ0n) is 16.8. The van der Waals surface area contributed by atoms with Gasteiger partial charge in [-0.3, -0.25) is 4.79 Å². The Labute approximate surface area is 177 Å². The van der Waals surface area contributed by atoms with Crippen LogP contribution in [-0.2, 0) is 4.79 Å². The molecule has 3 aromatic rings. The molecule has 0 fully saturated rings. The van der Waals surface area contributed by atoms with Crippen molar-refractivity contribution in [2.75, 3.05) is 24.9 Å². The summed E-state index contributed by atoms with van der Waals surface area (Å²) in [6, 6.07) is 13.7. The number of rotatable bonds is 6. The second kappa shape index (κ2) is 8.23. The molecule has 9 nitrogen and oxygen atoms in total. The summed E-state index contributed by atoms with van der Waals surface area (Å²) in [6.07, 6.45) is 2.93. The standard InChI is InChI=1S/C22H20N4O5/c1-30-18-9-5-3-7-13(18)17-11-16(22(28)29)24-20-14(12-23-26(17)20)21(27)25-15-8-4-6-10-19(15)31-2/h3-12,17,24H,1-2H3,(H,25,27)(H,28,29)/t17-/m1/s1. The Hall–Kier alpha value is -4.27. The first-order chi connectivity index (χ1) is 15.0. The van der Waals surface area contributed by atoms with E-state index in [2.05, 4.69) is 15.7 Å². The first-order valence-electron chi connectivity index (χ1n) is 9.40. The number of benzene rings is 2. The number of carbonyl (C=O) groups is 2. The van der Waals surface area contributed by atoms with Crippen LogP contribution in [0, 0.1) is 0 Å². The van der Waals surface area contributed by atoms with Crippen molar-refractivity contribution in [3.05, 3.63) is 77.6 Å². The molecule has 1 aliphatic rings. The molecule has 9 heteroatoms. The van der Waals surface area contributed by atoms with Crippen LogP contribution < -0.4 is 20.1 Å². The maximum absolute atomic E-state index is 13.0. The van der Waals surface area contributed by atoms with Crippen molar-refractivity contribution in [3.63, 3.8) is 0 Å². The van der Waals surface area contributed by atoms with E-state index in [9.17, 15) is 14.7 Å². The van der Waals surface area contributed by atoms with Crippen LogP contribution in [0.25, 0.3) is 0 Å². The molecule has 0 radical (unpaired) electrons. The van der Waals surface area contributed by atoms with Gasteiger partial charge in [0.15, 0.2) is 0 Å². The van der Waals surface area contributed by atoms with Gasteiger partial charge >= 0.3 is 5.97 Å². The highest BCUT2D eigenvalue weighted by molar-refractivity contribution is 6.09. The molecule has 0 saturated carbocycles. The number of para-hydroxylation sites is 3. The highest BCUT2D eigenvalue weighted by Gasteiger charge is 2.31. The number of carboxylic acids is 1. The average molecular weight is 420 g/mol. The van der Waals surface area contributed by atoms with Crippen molar-refractivity contribution in [3.8, 4) is 11.5 Å². The van der Waals surface area contributed by atoms with Gasteiger partial charge in [-0.25, -0.2) is 9.48 Å². The van der Waals surface area contributed by atoms with Crippen LogP contribution in [0.3, 0.4) is 0 Å². The Morgan fingerprint density at radius 3 is 2.45 bits per heavy atom. The van der Waals surface area contributed by atoms with E-state index in [1.54, 1.807) is 35.0 Å². The molecule has 1 amide bonds. The Morgan fingerprint density at radius 2 is 1.74 bits per heavy atom. The van der Waals surface area contributed by atoms with Gasteiger partial charge in [-0.2, -0.15) is 5.10 Å². The van der Waals surface area contributed by atoms with Gasteiger partial charge in [0.2, 0.25) is 0 Å². The minimum absolute atomic E-state index is 0.0600. The van der Waals surface area contributed by atoms with Crippen LogP contribution in [0.2, 0.25) is 0 Å². The Balaban J connectivity index is 1.75. The van der Waals surface area contributed by atoms with Crippen LogP contribution in [-0.4, -0.2) is 41.0 Å². The first kappa shape index (κ1) is 20.0. The van der Waals surface area contributed by atoms with Crippen LogP contribution in [0.5, 0.6) is 11.5 Å². The number of fused-ring (bicyclic) bond motifs is 1. The summed E-state index contributed by atoms with van der Waals surface area (Å²) in [7, 11) is 3.05. The predicted octanol–water partition coefficient (Wildman–Crippen LogP) is 3.14. The minimum Gasteiger partial charge on any atom is -0.496 e. The van der Waals surface area contributed by atoms with E-state index in [1.807, 2.05) is 18.2 Å². The van der Waals surface area contributed by atoms with Crippen molar-refractivity contribution in [2.24, 2.45) is 0 Å². The van der Waals surface area contributed by atoms with Crippen molar-refractivity contribution < 1.29 is 24.2 Å². The van der Waals surface area contributed by atoms with Crippen molar-refractivity contribution in [2.45, 2.75) is 6.04 Å². The zero-order valence-corrected chi connectivity index (χ0v) is 16.8. The number of carboxylic acid groups (broad SMARTS) is 1. The van der Waals surface area contributed by atoms with Gasteiger partial charge in [0, 0.05) is 5.56 Å². The second-order valence-corrected chi connectivity index (χ2v) is 6.70. The molecule has 0 saturated heterocycles. The summed E-state index contributed by atoms with van der Waals surface area (Å²) >= 11 is 0. The van der Waals surface area contributed by atoms with Crippen LogP contribution in [0.1, 0.15) is 22.0 Å². The van der Waals surface area contributed by atoms with Gasteiger partial charge in [-0.05, 0) is 24.3 Å². The molecule has 2 aromatic carbocycles. The summed E-state index contributed by atoms with van der Waals surface area (Å²) < 4.78 is 12.3. The summed E-state index contributed by atoms with van der Waals surface area (Å²) in [4.78, 5) is 24.8. The molecule has 1 aliphatic heterocycles. The molecule has 31 heavy (non-hydrogen) atoms. The molecule has 0 aliphatic carbocycles. The average Bonchev–Trinajstić information content (AvgIpc) is 3.23. The largest absolute Gasteiger partial charge is 0.496 e. The number of aromatic nitrogens is 2. The number of allylic oxidation sites excluding steroid dienone is 1. The quantitative estimate of drug-likeness (QED) is 0.561. The molecule has 2 heterocycles. The molecule has 4 rings (SSSR count). The minimum atomic E-state index is -1.15. The summed E-state index contributed by atoms with van der Waals surface area (Å²) in [5.74, 6) is -0.255. The van der Waals surface area contributed by atoms with Crippen molar-refractivity contribution >= 4 is 23.4 Å². The number of aliphatic carboxylic acids is 1. The van der Waals surface area contributed by atoms with Crippen LogP contribution in [0.15, 0.2) is 66.5 Å². The summed E-state index contributed by atoms with van der Waals surface area (Å²) in [5, 5.41) is 19.6. The third-order valence-electron chi connectivity index (χ3n) is 4.92. The number of amides is 1. The highest BCUT2D eigenvalue weighted by atomic mass is 16.5. The second-order valence-electron chi connectivity index (χ2n) is 6.70. The van der Waals surface area contributed by atoms with E-state index in [4.69, 9.17) is 9.47 Å². The SMILES string of the molecule is COc1ccccc1NC(=O)c1cnn2c1NC(C(=O)O)=C[C@@H]2c1ccccc1OC. The molecule has 0 unspecified atom stereocenters. The van der Waals surface area contributed by atoms with Gasteiger partial charge in [0.05, 0.1) is 26.1 Å². The maximum Gasteiger partial charge on any atom is 0.352 e. The number of ether oxygens (including phenoxy) is 2. The zero-order chi connectivity index (χ0) is 22.0. The lowest BCUT2D eigenvalue weighted by molar-refractivity contribution is -0.132. The highest BCUT2D eigenvalue weighted by Crippen LogP contribution is 2.36. The smallest absolute Gasteiger partial charge is 0.352 e. The lowest BCUT2D eigenvalue weighted by atomic mass is 10.0. The third kappa shape index (κ3) is 3.68. The Morgan fingerprint density at radius 1 is 1.06 bits per heavy atom.